The van der Waals surface area contributed by atoms with E-state index in [1.54, 1.807) is 0 Å². The van der Waals surface area contributed by atoms with Gasteiger partial charge in [-0.2, -0.15) is 0 Å². The van der Waals surface area contributed by atoms with Crippen molar-refractivity contribution in [2.24, 2.45) is 0 Å². The number of hydrogen-bond acceptors (Lipinski definition) is 0. The topological polar surface area (TPSA) is 0 Å². The summed E-state index contributed by atoms with van der Waals surface area (Å²) >= 11 is 6.50. The molecule has 0 aliphatic carbocycles. The van der Waals surface area contributed by atoms with Crippen LogP contribution in [0.4, 0.5) is 0 Å². The van der Waals surface area contributed by atoms with E-state index in [2.05, 4.69) is 49.4 Å². The Kier molecular flexibility index (Phi) is 4.06. The monoisotopic (exact) mass is 296 g/mol. The Morgan fingerprint density at radius 1 is 1.06 bits per heavy atom. The van der Waals surface area contributed by atoms with Crippen LogP contribution in [0.1, 0.15) is 11.1 Å². The third-order valence-electron chi connectivity index (χ3n) is 2.45. The maximum absolute atomic E-state index is 6.01. The van der Waals surface area contributed by atoms with E-state index < -0.39 is 0 Å². The van der Waals surface area contributed by atoms with Gasteiger partial charge in [-0.1, -0.05) is 0 Å². The average molecular weight is 296 g/mol. The van der Waals surface area contributed by atoms with Crippen molar-refractivity contribution >= 4 is 31.0 Å². The van der Waals surface area contributed by atoms with Crippen LogP contribution in [0.5, 0.6) is 0 Å². The van der Waals surface area contributed by atoms with Gasteiger partial charge in [0.05, 0.1) is 0 Å². The molecule has 0 heterocycles. The summed E-state index contributed by atoms with van der Waals surface area (Å²) in [4.78, 5) is 0. The van der Waals surface area contributed by atoms with E-state index >= 15 is 0 Å². The van der Waals surface area contributed by atoms with Crippen LogP contribution in [0.25, 0.3) is 0 Å². The van der Waals surface area contributed by atoms with Crippen molar-refractivity contribution in [2.75, 3.05) is 0 Å². The molecule has 0 N–H and O–H groups in total. The summed E-state index contributed by atoms with van der Waals surface area (Å²) in [7, 11) is 0. The van der Waals surface area contributed by atoms with Gasteiger partial charge in [0.1, 0.15) is 0 Å². The van der Waals surface area contributed by atoms with Gasteiger partial charge >= 0.3 is 108 Å². The summed E-state index contributed by atoms with van der Waals surface area (Å²) in [6, 6.07) is 16.8. The fraction of sp³-hybridized carbons (Fsp3) is 0.143. The fourth-order valence-corrected chi connectivity index (χ4v) is 3.73. The van der Waals surface area contributed by atoms with E-state index in [4.69, 9.17) is 11.6 Å². The van der Waals surface area contributed by atoms with Gasteiger partial charge in [0.25, 0.3) is 0 Å². The Morgan fingerprint density at radius 3 is 2.56 bits per heavy atom. The molecule has 0 nitrogen and oxygen atoms in total. The molecular formula is C14H13ClSe. The first-order valence-electron chi connectivity index (χ1n) is 5.18. The normalized spacial score (nSPS) is 10.4. The third kappa shape index (κ3) is 3.12. The zero-order valence-electron chi connectivity index (χ0n) is 9.11. The van der Waals surface area contributed by atoms with Gasteiger partial charge in [0, 0.05) is 0 Å². The third-order valence-corrected chi connectivity index (χ3v) is 4.91. The maximum atomic E-state index is 6.01. The fourth-order valence-electron chi connectivity index (χ4n) is 1.47. The molecule has 0 unspecified atom stereocenters. The van der Waals surface area contributed by atoms with Gasteiger partial charge in [0.15, 0.2) is 0 Å². The van der Waals surface area contributed by atoms with Crippen LogP contribution in [0.3, 0.4) is 0 Å². The summed E-state index contributed by atoms with van der Waals surface area (Å²) in [5.41, 5.74) is 2.71. The van der Waals surface area contributed by atoms with Crippen molar-refractivity contribution in [1.29, 1.82) is 0 Å². The minimum absolute atomic E-state index is 0.497. The Labute approximate surface area is 108 Å². The molecule has 2 rings (SSSR count). The first-order valence-corrected chi connectivity index (χ1v) is 7.63. The number of halogens is 1. The minimum atomic E-state index is 0.497. The summed E-state index contributed by atoms with van der Waals surface area (Å²) in [6.45, 7) is 2.15. The molecule has 0 saturated heterocycles. The van der Waals surface area contributed by atoms with Crippen LogP contribution in [-0.4, -0.2) is 15.0 Å². The van der Waals surface area contributed by atoms with Gasteiger partial charge in [0.2, 0.25) is 0 Å². The summed E-state index contributed by atoms with van der Waals surface area (Å²) in [6.07, 6.45) is 0. The molecule has 0 aromatic heterocycles. The molecule has 2 aromatic carbocycles. The van der Waals surface area contributed by atoms with Crippen molar-refractivity contribution in [3.05, 3.63) is 64.7 Å². The van der Waals surface area contributed by atoms with Crippen molar-refractivity contribution in [1.82, 2.24) is 0 Å². The van der Waals surface area contributed by atoms with Crippen molar-refractivity contribution in [3.8, 4) is 0 Å². The molecule has 82 valence electrons. The summed E-state index contributed by atoms with van der Waals surface area (Å²) in [5.74, 6) is 0. The van der Waals surface area contributed by atoms with Gasteiger partial charge in [-0.25, -0.2) is 0 Å². The van der Waals surface area contributed by atoms with Crippen LogP contribution in [-0.2, 0) is 5.32 Å². The SMILES string of the molecule is Cc1ccc(Cl)cc1C[Se]c1ccccc1. The molecular weight excluding hydrogens is 283 g/mol. The van der Waals surface area contributed by atoms with Crippen molar-refractivity contribution in [2.45, 2.75) is 12.2 Å². The molecule has 2 aromatic rings. The Morgan fingerprint density at radius 2 is 1.81 bits per heavy atom. The Hall–Kier alpha value is -0.751. The van der Waals surface area contributed by atoms with E-state index in [0.29, 0.717) is 15.0 Å². The molecule has 0 radical (unpaired) electrons. The Balaban J connectivity index is 2.08. The molecule has 2 heteroatoms. The van der Waals surface area contributed by atoms with E-state index in [0.717, 1.165) is 10.3 Å². The number of hydrogen-bond donors (Lipinski definition) is 0. The van der Waals surface area contributed by atoms with Gasteiger partial charge in [-0.3, -0.25) is 0 Å². The van der Waals surface area contributed by atoms with Crippen molar-refractivity contribution in [3.63, 3.8) is 0 Å². The van der Waals surface area contributed by atoms with Gasteiger partial charge < -0.3 is 0 Å². The van der Waals surface area contributed by atoms with Crippen LogP contribution >= 0.6 is 11.6 Å². The molecule has 16 heavy (non-hydrogen) atoms. The van der Waals surface area contributed by atoms with Crippen molar-refractivity contribution < 1.29 is 0 Å². The van der Waals surface area contributed by atoms with Crippen LogP contribution in [0, 0.1) is 6.92 Å². The molecule has 0 spiro atoms. The molecule has 0 atom stereocenters. The molecule has 0 amide bonds. The summed E-state index contributed by atoms with van der Waals surface area (Å²) in [5, 5.41) is 1.95. The van der Waals surface area contributed by atoms with Gasteiger partial charge in [-0.05, 0) is 0 Å². The van der Waals surface area contributed by atoms with Gasteiger partial charge in [-0.15, -0.1) is 0 Å². The standard InChI is InChI=1S/C14H13ClSe/c1-11-7-8-13(15)9-12(11)10-16-14-5-3-2-4-6-14/h2-9H,10H2,1H3. The van der Waals surface area contributed by atoms with E-state index in [1.807, 2.05) is 6.07 Å². The second-order valence-electron chi connectivity index (χ2n) is 3.67. The number of rotatable bonds is 3. The van der Waals surface area contributed by atoms with Crippen LogP contribution in [0.2, 0.25) is 5.02 Å². The molecule has 0 aliphatic heterocycles. The Bertz CT molecular complexity index is 465. The predicted octanol–water partition coefficient (Wildman–Crippen LogP) is 3.18. The molecule has 0 fully saturated rings. The molecule has 0 aliphatic rings. The predicted molar refractivity (Wildman–Crippen MR) is 71.7 cm³/mol. The number of aryl methyl sites for hydroxylation is 1. The molecule has 0 saturated carbocycles. The van der Waals surface area contributed by atoms with E-state index in [9.17, 15) is 0 Å². The van der Waals surface area contributed by atoms with Crippen LogP contribution < -0.4 is 4.46 Å². The zero-order chi connectivity index (χ0) is 11.4. The molecule has 0 bridgehead atoms. The summed E-state index contributed by atoms with van der Waals surface area (Å²) < 4.78 is 1.44. The van der Waals surface area contributed by atoms with Crippen LogP contribution in [0.15, 0.2) is 48.5 Å². The van der Waals surface area contributed by atoms with E-state index in [1.165, 1.54) is 15.6 Å². The zero-order valence-corrected chi connectivity index (χ0v) is 11.6. The quantitative estimate of drug-likeness (QED) is 0.763. The second-order valence-corrected chi connectivity index (χ2v) is 6.31. The average Bonchev–Trinajstić information content (AvgIpc) is 2.32. The van der Waals surface area contributed by atoms with E-state index in [-0.39, 0.29) is 0 Å². The first kappa shape index (κ1) is 11.7. The number of benzene rings is 2. The second kappa shape index (κ2) is 5.54. The first-order chi connectivity index (χ1) is 7.75.